The standard InChI is InChI=1S/C25H38N4O8/c1-7-36-20(32)11-12-27-22(33)21(16-9-8-10-17(30)13-16)29(15(2)3)23(34)18(14-19(26)31)28-24(35)37-25(4,5)6/h8-10,13,15,18,21,30H,7,11-12,14H2,1-6H3,(H2,26,31)(H,27,33)(H,28,35). The van der Waals surface area contributed by atoms with Gasteiger partial charge in [-0.15, -0.1) is 0 Å². The predicted molar refractivity (Wildman–Crippen MR) is 134 cm³/mol. The molecule has 0 fully saturated rings. The van der Waals surface area contributed by atoms with Crippen LogP contribution in [0.1, 0.15) is 66.0 Å². The summed E-state index contributed by atoms with van der Waals surface area (Å²) in [6, 6.07) is 2.46. The van der Waals surface area contributed by atoms with Crippen LogP contribution in [0.4, 0.5) is 4.79 Å². The van der Waals surface area contributed by atoms with Crippen molar-refractivity contribution in [1.29, 1.82) is 0 Å². The average Bonchev–Trinajstić information content (AvgIpc) is 2.74. The Kier molecular flexibility index (Phi) is 11.8. The number of hydrogen-bond donors (Lipinski definition) is 4. The first kappa shape index (κ1) is 31.2. The van der Waals surface area contributed by atoms with Crippen molar-refractivity contribution < 1.29 is 38.6 Å². The number of primary amides is 1. The molecular formula is C25H38N4O8. The first-order valence-corrected chi connectivity index (χ1v) is 12.0. The van der Waals surface area contributed by atoms with Gasteiger partial charge in [-0.05, 0) is 59.2 Å². The fraction of sp³-hybridized carbons (Fsp3) is 0.560. The second-order valence-electron chi connectivity index (χ2n) is 9.55. The predicted octanol–water partition coefficient (Wildman–Crippen LogP) is 1.51. The number of ether oxygens (including phenoxy) is 2. The Morgan fingerprint density at radius 2 is 1.78 bits per heavy atom. The molecule has 0 radical (unpaired) electrons. The van der Waals surface area contributed by atoms with Gasteiger partial charge in [-0.25, -0.2) is 4.79 Å². The summed E-state index contributed by atoms with van der Waals surface area (Å²) in [5, 5.41) is 15.0. The maximum atomic E-state index is 13.7. The van der Waals surface area contributed by atoms with E-state index in [0.29, 0.717) is 0 Å². The van der Waals surface area contributed by atoms with E-state index in [1.54, 1.807) is 47.6 Å². The monoisotopic (exact) mass is 522 g/mol. The maximum absolute atomic E-state index is 13.7. The molecule has 0 aliphatic heterocycles. The number of carbonyl (C=O) groups is 5. The van der Waals surface area contributed by atoms with Gasteiger partial charge in [0, 0.05) is 12.6 Å². The molecule has 5 N–H and O–H groups in total. The third-order valence-electron chi connectivity index (χ3n) is 4.85. The highest BCUT2D eigenvalue weighted by Crippen LogP contribution is 2.27. The van der Waals surface area contributed by atoms with Crippen molar-refractivity contribution in [1.82, 2.24) is 15.5 Å². The molecule has 1 aromatic rings. The molecule has 12 heteroatoms. The van der Waals surface area contributed by atoms with E-state index in [2.05, 4.69) is 10.6 Å². The number of alkyl carbamates (subject to hydrolysis) is 1. The first-order valence-electron chi connectivity index (χ1n) is 12.0. The highest BCUT2D eigenvalue weighted by molar-refractivity contribution is 5.94. The molecule has 4 amide bonds. The lowest BCUT2D eigenvalue weighted by Gasteiger charge is -2.37. The van der Waals surface area contributed by atoms with Crippen LogP contribution in [0.5, 0.6) is 5.75 Å². The second-order valence-corrected chi connectivity index (χ2v) is 9.55. The van der Waals surface area contributed by atoms with Crippen LogP contribution in [0.25, 0.3) is 0 Å². The van der Waals surface area contributed by atoms with Crippen LogP contribution in [-0.2, 0) is 28.7 Å². The van der Waals surface area contributed by atoms with Crippen LogP contribution in [0, 0.1) is 0 Å². The second kappa shape index (κ2) is 14.0. The van der Waals surface area contributed by atoms with Crippen LogP contribution < -0.4 is 16.4 Å². The number of carbonyl (C=O) groups excluding carboxylic acids is 5. The van der Waals surface area contributed by atoms with Crippen LogP contribution in [0.2, 0.25) is 0 Å². The summed E-state index contributed by atoms with van der Waals surface area (Å²) in [7, 11) is 0. The maximum Gasteiger partial charge on any atom is 0.408 e. The van der Waals surface area contributed by atoms with E-state index < -0.39 is 59.9 Å². The molecule has 2 unspecified atom stereocenters. The minimum absolute atomic E-state index is 0.0615. The first-order chi connectivity index (χ1) is 17.2. The summed E-state index contributed by atoms with van der Waals surface area (Å²) in [5.41, 5.74) is 4.74. The van der Waals surface area contributed by atoms with Crippen molar-refractivity contribution in [2.24, 2.45) is 5.73 Å². The SMILES string of the molecule is CCOC(=O)CCNC(=O)C(c1cccc(O)c1)N(C(=O)C(CC(N)=O)NC(=O)OC(C)(C)C)C(C)C. The number of nitrogens with one attached hydrogen (secondary N) is 2. The number of phenols is 1. The Hall–Kier alpha value is -3.83. The topological polar surface area (TPSA) is 177 Å². The highest BCUT2D eigenvalue weighted by Gasteiger charge is 2.38. The molecule has 0 spiro atoms. The van der Waals surface area contributed by atoms with Crippen LogP contribution in [0.3, 0.4) is 0 Å². The minimum Gasteiger partial charge on any atom is -0.508 e. The van der Waals surface area contributed by atoms with E-state index >= 15 is 0 Å². The third kappa shape index (κ3) is 10.8. The van der Waals surface area contributed by atoms with Crippen molar-refractivity contribution in [3.63, 3.8) is 0 Å². The number of hydrogen-bond acceptors (Lipinski definition) is 8. The van der Waals surface area contributed by atoms with Crippen LogP contribution in [-0.4, -0.2) is 70.6 Å². The molecule has 2 atom stereocenters. The highest BCUT2D eigenvalue weighted by atomic mass is 16.6. The number of aromatic hydroxyl groups is 1. The molecule has 1 aromatic carbocycles. The van der Waals surface area contributed by atoms with Crippen LogP contribution >= 0.6 is 0 Å². The zero-order valence-corrected chi connectivity index (χ0v) is 22.2. The molecule has 12 nitrogen and oxygen atoms in total. The number of nitrogens with two attached hydrogens (primary N) is 1. The number of rotatable bonds is 12. The average molecular weight is 523 g/mol. The zero-order chi connectivity index (χ0) is 28.3. The fourth-order valence-electron chi connectivity index (χ4n) is 3.46. The van der Waals surface area contributed by atoms with E-state index in [1.165, 1.54) is 23.1 Å². The molecule has 0 heterocycles. The Bertz CT molecular complexity index is 974. The van der Waals surface area contributed by atoms with Gasteiger partial charge in [0.1, 0.15) is 23.4 Å². The smallest absolute Gasteiger partial charge is 0.408 e. The van der Waals surface area contributed by atoms with Gasteiger partial charge in [0.05, 0.1) is 19.4 Å². The van der Waals surface area contributed by atoms with E-state index in [9.17, 15) is 29.1 Å². The molecule has 0 saturated carbocycles. The normalized spacial score (nSPS) is 12.7. The molecule has 0 bridgehead atoms. The molecule has 0 saturated heterocycles. The lowest BCUT2D eigenvalue weighted by molar-refractivity contribution is -0.146. The van der Waals surface area contributed by atoms with Crippen molar-refractivity contribution in [3.8, 4) is 5.75 Å². The van der Waals surface area contributed by atoms with Gasteiger partial charge in [-0.1, -0.05) is 12.1 Å². The Labute approximate surface area is 216 Å². The molecule has 37 heavy (non-hydrogen) atoms. The van der Waals surface area contributed by atoms with E-state index in [-0.39, 0.29) is 30.9 Å². The summed E-state index contributed by atoms with van der Waals surface area (Å²) < 4.78 is 10.1. The van der Waals surface area contributed by atoms with Crippen molar-refractivity contribution in [2.75, 3.05) is 13.2 Å². The molecule has 0 aliphatic carbocycles. The van der Waals surface area contributed by atoms with Gasteiger partial charge >= 0.3 is 12.1 Å². The van der Waals surface area contributed by atoms with Gasteiger partial charge in [-0.2, -0.15) is 0 Å². The summed E-state index contributed by atoms with van der Waals surface area (Å²) in [6.07, 6.45) is -1.58. The summed E-state index contributed by atoms with van der Waals surface area (Å²) in [4.78, 5) is 64.1. The van der Waals surface area contributed by atoms with Gasteiger partial charge in [0.25, 0.3) is 0 Å². The number of benzene rings is 1. The van der Waals surface area contributed by atoms with Crippen molar-refractivity contribution in [2.45, 2.75) is 78.1 Å². The molecule has 1 rings (SSSR count). The third-order valence-corrected chi connectivity index (χ3v) is 4.85. The number of nitrogens with zero attached hydrogens (tertiary/aromatic N) is 1. The van der Waals surface area contributed by atoms with Gasteiger partial charge in [-0.3, -0.25) is 19.2 Å². The lowest BCUT2D eigenvalue weighted by Crippen LogP contribution is -2.56. The van der Waals surface area contributed by atoms with Crippen molar-refractivity contribution in [3.05, 3.63) is 29.8 Å². The fourth-order valence-corrected chi connectivity index (χ4v) is 3.46. The lowest BCUT2D eigenvalue weighted by atomic mass is 10.00. The van der Waals surface area contributed by atoms with E-state index in [0.717, 1.165) is 0 Å². The largest absolute Gasteiger partial charge is 0.508 e. The van der Waals surface area contributed by atoms with Crippen LogP contribution in [0.15, 0.2) is 24.3 Å². The summed E-state index contributed by atoms with van der Waals surface area (Å²) in [6.45, 7) is 9.99. The molecular weight excluding hydrogens is 484 g/mol. The molecule has 206 valence electrons. The Morgan fingerprint density at radius 1 is 1.14 bits per heavy atom. The zero-order valence-electron chi connectivity index (χ0n) is 22.2. The number of amides is 4. The Balaban J connectivity index is 3.38. The van der Waals surface area contributed by atoms with Gasteiger partial charge in [0.2, 0.25) is 17.7 Å². The van der Waals surface area contributed by atoms with Crippen molar-refractivity contribution >= 4 is 29.8 Å². The van der Waals surface area contributed by atoms with E-state index in [4.69, 9.17) is 15.2 Å². The molecule has 0 aromatic heterocycles. The van der Waals surface area contributed by atoms with Gasteiger partial charge < -0.3 is 35.8 Å². The molecule has 0 aliphatic rings. The number of esters is 1. The quantitative estimate of drug-likeness (QED) is 0.298. The summed E-state index contributed by atoms with van der Waals surface area (Å²) >= 11 is 0. The Morgan fingerprint density at radius 3 is 2.30 bits per heavy atom. The van der Waals surface area contributed by atoms with E-state index in [1.807, 2.05) is 0 Å². The minimum atomic E-state index is -1.43. The summed E-state index contributed by atoms with van der Waals surface area (Å²) in [5.74, 6) is -2.92. The van der Waals surface area contributed by atoms with Gasteiger partial charge in [0.15, 0.2) is 0 Å². The number of phenolic OH excluding ortho intramolecular Hbond substituents is 1.